The van der Waals surface area contributed by atoms with Gasteiger partial charge in [-0.3, -0.25) is 9.69 Å². The van der Waals surface area contributed by atoms with Crippen LogP contribution in [-0.4, -0.2) is 35.2 Å². The van der Waals surface area contributed by atoms with Gasteiger partial charge in [0.15, 0.2) is 0 Å². The number of nitrogens with zero attached hydrogens (tertiary/aromatic N) is 1. The van der Waals surface area contributed by atoms with Crippen LogP contribution in [0.2, 0.25) is 0 Å². The van der Waals surface area contributed by atoms with Crippen LogP contribution in [0.3, 0.4) is 0 Å². The lowest BCUT2D eigenvalue weighted by molar-refractivity contribution is -0.188. The quantitative estimate of drug-likeness (QED) is 0.831. The largest absolute Gasteiger partial charge is 0.481 e. The van der Waals surface area contributed by atoms with E-state index in [0.29, 0.717) is 10.0 Å². The Bertz CT molecular complexity index is 529. The molecule has 1 fully saturated rings. The molecule has 1 aromatic rings. The summed E-state index contributed by atoms with van der Waals surface area (Å²) < 4.78 is 52.3. The number of likely N-dealkylation sites (tertiary alicyclic amines) is 1. The summed E-state index contributed by atoms with van der Waals surface area (Å²) in [5.74, 6) is -5.34. The molecule has 2 rings (SSSR count). The smallest absolute Gasteiger partial charge is 0.393 e. The van der Waals surface area contributed by atoms with Gasteiger partial charge < -0.3 is 5.11 Å². The molecule has 1 aromatic carbocycles. The lowest BCUT2D eigenvalue weighted by Crippen LogP contribution is -2.33. The van der Waals surface area contributed by atoms with E-state index in [1.807, 2.05) is 0 Å². The summed E-state index contributed by atoms with van der Waals surface area (Å²) in [6.45, 7) is -0.519. The molecular formula is C13H12BrF4NO2. The summed E-state index contributed by atoms with van der Waals surface area (Å²) in [4.78, 5) is 12.4. The van der Waals surface area contributed by atoms with Gasteiger partial charge in [0.05, 0.1) is 11.8 Å². The van der Waals surface area contributed by atoms with Crippen LogP contribution in [0.25, 0.3) is 0 Å². The van der Waals surface area contributed by atoms with E-state index < -0.39 is 36.3 Å². The molecule has 1 aliphatic rings. The first-order valence-electron chi connectivity index (χ1n) is 6.13. The molecule has 0 aromatic heterocycles. The van der Waals surface area contributed by atoms with Gasteiger partial charge in [0.1, 0.15) is 5.82 Å². The second-order valence-electron chi connectivity index (χ2n) is 5.06. The second-order valence-corrected chi connectivity index (χ2v) is 5.98. The summed E-state index contributed by atoms with van der Waals surface area (Å²) >= 11 is 3.11. The highest BCUT2D eigenvalue weighted by Crippen LogP contribution is 2.38. The van der Waals surface area contributed by atoms with Crippen LogP contribution in [0.1, 0.15) is 5.56 Å². The second kappa shape index (κ2) is 5.92. The highest BCUT2D eigenvalue weighted by atomic mass is 79.9. The maximum absolute atomic E-state index is 13.3. The molecule has 3 nitrogen and oxygen atoms in total. The molecule has 1 aliphatic heterocycles. The highest BCUT2D eigenvalue weighted by Gasteiger charge is 2.52. The van der Waals surface area contributed by atoms with Crippen molar-refractivity contribution in [2.45, 2.75) is 12.7 Å². The zero-order valence-corrected chi connectivity index (χ0v) is 12.3. The first-order valence-corrected chi connectivity index (χ1v) is 6.93. The molecule has 0 saturated carbocycles. The Morgan fingerprint density at radius 3 is 2.48 bits per heavy atom. The number of alkyl halides is 3. The van der Waals surface area contributed by atoms with Crippen molar-refractivity contribution in [2.24, 2.45) is 11.8 Å². The van der Waals surface area contributed by atoms with Crippen molar-refractivity contribution in [2.75, 3.05) is 13.1 Å². The molecule has 21 heavy (non-hydrogen) atoms. The van der Waals surface area contributed by atoms with Crippen LogP contribution >= 0.6 is 15.9 Å². The van der Waals surface area contributed by atoms with Gasteiger partial charge in [0.2, 0.25) is 0 Å². The number of aliphatic carboxylic acids is 1. The lowest BCUT2D eigenvalue weighted by Gasteiger charge is -2.18. The molecule has 116 valence electrons. The Balaban J connectivity index is 2.14. The highest BCUT2D eigenvalue weighted by molar-refractivity contribution is 9.10. The first-order chi connectivity index (χ1) is 9.66. The molecule has 1 saturated heterocycles. The zero-order valence-electron chi connectivity index (χ0n) is 10.7. The van der Waals surface area contributed by atoms with Gasteiger partial charge >= 0.3 is 12.1 Å². The summed E-state index contributed by atoms with van der Waals surface area (Å²) in [6.07, 6.45) is -4.56. The van der Waals surface area contributed by atoms with Crippen molar-refractivity contribution in [1.29, 1.82) is 0 Å². The van der Waals surface area contributed by atoms with E-state index in [4.69, 9.17) is 5.11 Å². The fourth-order valence-corrected chi connectivity index (χ4v) is 3.07. The van der Waals surface area contributed by atoms with Crippen molar-refractivity contribution >= 4 is 21.9 Å². The third-order valence-corrected chi connectivity index (χ3v) is 3.92. The minimum Gasteiger partial charge on any atom is -0.481 e. The maximum atomic E-state index is 13.3. The molecule has 0 amide bonds. The fourth-order valence-electron chi connectivity index (χ4n) is 2.56. The Hall–Kier alpha value is -1.15. The molecule has 0 bridgehead atoms. The molecule has 1 heterocycles. The number of carboxylic acids is 1. The van der Waals surface area contributed by atoms with Crippen LogP contribution in [0.15, 0.2) is 22.7 Å². The SMILES string of the molecule is O=C(O)[C@@H]1CN(Cc2cc(F)cc(Br)c2)C[C@H]1C(F)(F)F. The summed E-state index contributed by atoms with van der Waals surface area (Å²) in [5, 5.41) is 8.92. The van der Waals surface area contributed by atoms with E-state index in [9.17, 15) is 22.4 Å². The van der Waals surface area contributed by atoms with Gasteiger partial charge in [-0.2, -0.15) is 13.2 Å². The van der Waals surface area contributed by atoms with Crippen LogP contribution in [0, 0.1) is 17.7 Å². The average molecular weight is 370 g/mol. The third-order valence-electron chi connectivity index (χ3n) is 3.46. The van der Waals surface area contributed by atoms with E-state index >= 15 is 0 Å². The van der Waals surface area contributed by atoms with Crippen molar-refractivity contribution in [1.82, 2.24) is 4.90 Å². The first kappa shape index (κ1) is 16.2. The average Bonchev–Trinajstić information content (AvgIpc) is 2.71. The molecule has 2 atom stereocenters. The Morgan fingerprint density at radius 2 is 2.00 bits per heavy atom. The van der Waals surface area contributed by atoms with E-state index in [1.165, 1.54) is 17.0 Å². The molecule has 1 N–H and O–H groups in total. The van der Waals surface area contributed by atoms with Gasteiger partial charge in [-0.1, -0.05) is 15.9 Å². The topological polar surface area (TPSA) is 40.5 Å². The van der Waals surface area contributed by atoms with Crippen LogP contribution in [0.5, 0.6) is 0 Å². The number of carbonyl (C=O) groups is 1. The molecule has 8 heteroatoms. The van der Waals surface area contributed by atoms with E-state index in [0.717, 1.165) is 0 Å². The van der Waals surface area contributed by atoms with Gasteiger partial charge in [0.25, 0.3) is 0 Å². The molecule has 0 spiro atoms. The molecule has 0 unspecified atom stereocenters. The number of hydrogen-bond acceptors (Lipinski definition) is 2. The Labute approximate surface area is 126 Å². The van der Waals surface area contributed by atoms with Crippen molar-refractivity contribution in [3.8, 4) is 0 Å². The predicted octanol–water partition coefficient (Wildman–Crippen LogP) is 3.28. The lowest BCUT2D eigenvalue weighted by atomic mass is 9.96. The van der Waals surface area contributed by atoms with Gasteiger partial charge in [0, 0.05) is 24.1 Å². The minimum atomic E-state index is -4.56. The van der Waals surface area contributed by atoms with Crippen LogP contribution < -0.4 is 0 Å². The molecular weight excluding hydrogens is 358 g/mol. The number of hydrogen-bond donors (Lipinski definition) is 1. The standard InChI is InChI=1S/C13H12BrF4NO2/c14-8-1-7(2-9(15)3-8)4-19-5-10(12(20)21)11(6-19)13(16,17)18/h1-3,10-11H,4-6H2,(H,20,21)/t10-,11-/m1/s1. The minimum absolute atomic E-state index is 0.0761. The monoisotopic (exact) mass is 369 g/mol. The number of halogens is 5. The third kappa shape index (κ3) is 3.94. The summed E-state index contributed by atoms with van der Waals surface area (Å²) in [5.41, 5.74) is 0.494. The predicted molar refractivity (Wildman–Crippen MR) is 70.0 cm³/mol. The summed E-state index contributed by atoms with van der Waals surface area (Å²) in [6, 6.07) is 4.06. The van der Waals surface area contributed by atoms with Crippen LogP contribution in [-0.2, 0) is 11.3 Å². The van der Waals surface area contributed by atoms with Gasteiger partial charge in [-0.25, -0.2) is 4.39 Å². The van der Waals surface area contributed by atoms with Gasteiger partial charge in [-0.05, 0) is 23.8 Å². The number of benzene rings is 1. The zero-order chi connectivity index (χ0) is 15.8. The number of carboxylic acid groups (broad SMARTS) is 1. The Morgan fingerprint density at radius 1 is 1.33 bits per heavy atom. The van der Waals surface area contributed by atoms with E-state index in [-0.39, 0.29) is 13.1 Å². The van der Waals surface area contributed by atoms with Crippen molar-refractivity contribution < 1.29 is 27.5 Å². The molecule has 0 radical (unpaired) electrons. The molecule has 0 aliphatic carbocycles. The normalized spacial score (nSPS) is 23.5. The van der Waals surface area contributed by atoms with Crippen molar-refractivity contribution in [3.63, 3.8) is 0 Å². The van der Waals surface area contributed by atoms with Crippen LogP contribution in [0.4, 0.5) is 17.6 Å². The fraction of sp³-hybridized carbons (Fsp3) is 0.462. The van der Waals surface area contributed by atoms with Gasteiger partial charge in [-0.15, -0.1) is 0 Å². The summed E-state index contributed by atoms with van der Waals surface area (Å²) in [7, 11) is 0. The maximum Gasteiger partial charge on any atom is 0.393 e. The number of rotatable bonds is 3. The Kier molecular flexibility index (Phi) is 4.57. The van der Waals surface area contributed by atoms with Crippen molar-refractivity contribution in [3.05, 3.63) is 34.1 Å². The van der Waals surface area contributed by atoms with E-state index in [2.05, 4.69) is 15.9 Å². The van der Waals surface area contributed by atoms with E-state index in [1.54, 1.807) is 6.07 Å².